The van der Waals surface area contributed by atoms with Gasteiger partial charge in [0.15, 0.2) is 5.13 Å². The second-order valence-electron chi connectivity index (χ2n) is 8.71. The third-order valence-corrected chi connectivity index (χ3v) is 8.51. The zero-order chi connectivity index (χ0) is 24.1. The molecule has 1 fully saturated rings. The summed E-state index contributed by atoms with van der Waals surface area (Å²) in [6.45, 7) is 2.89. The number of nitrogens with zero attached hydrogens (tertiary/aromatic N) is 2. The van der Waals surface area contributed by atoms with E-state index < -0.39 is 5.97 Å². The number of halogens is 1. The fourth-order valence-electron chi connectivity index (χ4n) is 4.37. The first-order valence-corrected chi connectivity index (χ1v) is 13.6. The Bertz CT molecular complexity index is 1140. The molecule has 4 rings (SSSR count). The van der Waals surface area contributed by atoms with Gasteiger partial charge in [-0.25, -0.2) is 9.78 Å². The van der Waals surface area contributed by atoms with Gasteiger partial charge in [-0.05, 0) is 68.2 Å². The minimum Gasteiger partial charge on any atom is -0.481 e. The first kappa shape index (κ1) is 24.9. The van der Waals surface area contributed by atoms with Crippen molar-refractivity contribution in [3.63, 3.8) is 0 Å². The van der Waals surface area contributed by atoms with Gasteiger partial charge in [-0.15, -0.1) is 11.8 Å². The number of carbonyl (C=O) groups is 2. The number of anilines is 1. The number of thiazole rings is 1. The van der Waals surface area contributed by atoms with E-state index in [1.807, 2.05) is 23.1 Å². The molecule has 2 aromatic heterocycles. The van der Waals surface area contributed by atoms with Crippen LogP contribution in [0.5, 0.6) is 0 Å². The lowest BCUT2D eigenvalue weighted by Gasteiger charge is -2.36. The van der Waals surface area contributed by atoms with E-state index in [9.17, 15) is 9.59 Å². The highest BCUT2D eigenvalue weighted by atomic mass is 35.5. The lowest BCUT2D eigenvalue weighted by molar-refractivity contribution is -0.133. The van der Waals surface area contributed by atoms with Gasteiger partial charge in [0.25, 0.3) is 0 Å². The molecule has 10 heteroatoms. The van der Waals surface area contributed by atoms with Crippen LogP contribution >= 0.6 is 34.7 Å². The molecule has 0 radical (unpaired) electrons. The van der Waals surface area contributed by atoms with Crippen molar-refractivity contribution in [2.45, 2.75) is 55.7 Å². The third kappa shape index (κ3) is 6.46. The van der Waals surface area contributed by atoms with Gasteiger partial charge in [-0.1, -0.05) is 29.9 Å². The van der Waals surface area contributed by atoms with Gasteiger partial charge in [0, 0.05) is 23.0 Å². The van der Waals surface area contributed by atoms with Crippen LogP contribution in [0.15, 0.2) is 39.3 Å². The van der Waals surface area contributed by atoms with Gasteiger partial charge in [-0.2, -0.15) is 0 Å². The predicted molar refractivity (Wildman–Crippen MR) is 137 cm³/mol. The van der Waals surface area contributed by atoms with Crippen LogP contribution in [-0.2, 0) is 11.2 Å². The highest BCUT2D eigenvalue weighted by Gasteiger charge is 2.28. The van der Waals surface area contributed by atoms with Crippen molar-refractivity contribution in [2.75, 3.05) is 17.6 Å². The van der Waals surface area contributed by atoms with Gasteiger partial charge in [0.1, 0.15) is 5.58 Å². The molecule has 0 atom stereocenters. The summed E-state index contributed by atoms with van der Waals surface area (Å²) in [5, 5.41) is 14.0. The first-order valence-electron chi connectivity index (χ1n) is 11.4. The number of benzene rings is 1. The smallest absolute Gasteiger partial charge is 0.323 e. The SMILES string of the molecule is C[C@H]1CC[C@H](N(CCCc2coc3ccc(Cl)cc23)C(=O)Nc2ncc(SCC(=O)O)s2)CC1. The molecule has 1 saturated carbocycles. The summed E-state index contributed by atoms with van der Waals surface area (Å²) in [5.41, 5.74) is 1.91. The van der Waals surface area contributed by atoms with Gasteiger partial charge in [0.05, 0.1) is 22.4 Å². The average Bonchev–Trinajstić information content (AvgIpc) is 3.42. The second kappa shape index (κ2) is 11.5. The molecule has 3 aromatic rings. The van der Waals surface area contributed by atoms with Crippen LogP contribution < -0.4 is 5.32 Å². The number of rotatable bonds is 9. The van der Waals surface area contributed by atoms with E-state index in [0.717, 1.165) is 59.3 Å². The number of thioether (sulfide) groups is 1. The summed E-state index contributed by atoms with van der Waals surface area (Å²) in [6.07, 6.45) is 9.20. The summed E-state index contributed by atoms with van der Waals surface area (Å²) in [6, 6.07) is 5.67. The quantitative estimate of drug-likeness (QED) is 0.302. The number of nitrogens with one attached hydrogen (secondary N) is 1. The molecule has 1 aliphatic rings. The maximum absolute atomic E-state index is 13.3. The van der Waals surface area contributed by atoms with Crippen molar-refractivity contribution in [3.8, 4) is 0 Å². The van der Waals surface area contributed by atoms with Crippen LogP contribution in [0.4, 0.5) is 9.93 Å². The first-order chi connectivity index (χ1) is 16.4. The highest BCUT2D eigenvalue weighted by Crippen LogP contribution is 2.31. The summed E-state index contributed by atoms with van der Waals surface area (Å²) in [7, 11) is 0. The standard InChI is InChI=1S/C24H28ClN3O4S2/c1-15-4-7-18(8-5-15)28(24(31)27-23-26-12-22(34-23)33-14-21(29)30)10-2-3-16-13-32-20-9-6-17(25)11-19(16)20/h6,9,11-13,15,18H,2-5,7-8,10,14H2,1H3,(H,29,30)(H,26,27,31)/t15-,18-. The molecule has 7 nitrogen and oxygen atoms in total. The normalized spacial score (nSPS) is 18.2. The number of aliphatic carboxylic acids is 1. The fourth-order valence-corrected chi connectivity index (χ4v) is 6.13. The topological polar surface area (TPSA) is 95.7 Å². The number of aryl methyl sites for hydroxylation is 1. The van der Waals surface area contributed by atoms with Crippen molar-refractivity contribution in [1.82, 2.24) is 9.88 Å². The molecular formula is C24H28ClN3O4S2. The number of carboxylic acids is 1. The number of hydrogen-bond acceptors (Lipinski definition) is 6. The predicted octanol–water partition coefficient (Wildman–Crippen LogP) is 6.76. The lowest BCUT2D eigenvalue weighted by Crippen LogP contribution is -2.45. The van der Waals surface area contributed by atoms with Gasteiger partial charge in [-0.3, -0.25) is 10.1 Å². The summed E-state index contributed by atoms with van der Waals surface area (Å²) >= 11 is 8.66. The fraction of sp³-hybridized carbons (Fsp3) is 0.458. The Balaban J connectivity index is 1.40. The number of fused-ring (bicyclic) bond motifs is 1. The molecule has 0 spiro atoms. The molecule has 0 aliphatic heterocycles. The molecule has 0 saturated heterocycles. The number of hydrogen-bond donors (Lipinski definition) is 2. The minimum absolute atomic E-state index is 0.0319. The van der Waals surface area contributed by atoms with E-state index in [2.05, 4.69) is 17.2 Å². The summed E-state index contributed by atoms with van der Waals surface area (Å²) in [4.78, 5) is 30.3. The van der Waals surface area contributed by atoms with E-state index in [0.29, 0.717) is 22.6 Å². The second-order valence-corrected chi connectivity index (χ2v) is 11.5. The molecule has 182 valence electrons. The average molecular weight is 522 g/mol. The van der Waals surface area contributed by atoms with E-state index in [-0.39, 0.29) is 17.8 Å². The minimum atomic E-state index is -0.880. The molecule has 1 aromatic carbocycles. The summed E-state index contributed by atoms with van der Waals surface area (Å²) in [5.74, 6) is -0.221. The third-order valence-electron chi connectivity index (χ3n) is 6.18. The Hall–Kier alpha value is -2.23. The molecule has 2 N–H and O–H groups in total. The van der Waals surface area contributed by atoms with Gasteiger partial charge < -0.3 is 14.4 Å². The molecule has 0 unspecified atom stereocenters. The Kier molecular flexibility index (Phi) is 8.39. The van der Waals surface area contributed by atoms with Crippen LogP contribution in [0, 0.1) is 5.92 Å². The number of carboxylic acid groups (broad SMARTS) is 1. The number of urea groups is 1. The monoisotopic (exact) mass is 521 g/mol. The number of carbonyl (C=O) groups excluding carboxylic acids is 1. The molecular weight excluding hydrogens is 494 g/mol. The van der Waals surface area contributed by atoms with E-state index >= 15 is 0 Å². The van der Waals surface area contributed by atoms with Crippen molar-refractivity contribution in [3.05, 3.63) is 41.2 Å². The Morgan fingerprint density at radius 3 is 2.88 bits per heavy atom. The lowest BCUT2D eigenvalue weighted by atomic mass is 9.86. The van der Waals surface area contributed by atoms with Crippen molar-refractivity contribution in [1.29, 1.82) is 0 Å². The Morgan fingerprint density at radius 2 is 2.12 bits per heavy atom. The molecule has 1 aliphatic carbocycles. The van der Waals surface area contributed by atoms with E-state index in [1.54, 1.807) is 12.5 Å². The highest BCUT2D eigenvalue weighted by molar-refractivity contribution is 8.01. The van der Waals surface area contributed by atoms with Crippen molar-refractivity contribution in [2.24, 2.45) is 5.92 Å². The molecule has 0 bridgehead atoms. The maximum Gasteiger partial charge on any atom is 0.323 e. The van der Waals surface area contributed by atoms with Gasteiger partial charge >= 0.3 is 12.0 Å². The summed E-state index contributed by atoms with van der Waals surface area (Å²) < 4.78 is 6.42. The number of amides is 2. The molecule has 2 amide bonds. The van der Waals surface area contributed by atoms with Gasteiger partial charge in [0.2, 0.25) is 0 Å². The zero-order valence-corrected chi connectivity index (χ0v) is 21.3. The van der Waals surface area contributed by atoms with E-state index in [1.165, 1.54) is 23.1 Å². The maximum atomic E-state index is 13.3. The van der Waals surface area contributed by atoms with Crippen molar-refractivity contribution >= 4 is 62.8 Å². The molecule has 34 heavy (non-hydrogen) atoms. The van der Waals surface area contributed by atoms with E-state index in [4.69, 9.17) is 21.1 Å². The van der Waals surface area contributed by atoms with Crippen LogP contribution in [-0.4, -0.2) is 45.3 Å². The Morgan fingerprint density at radius 1 is 1.32 bits per heavy atom. The zero-order valence-electron chi connectivity index (χ0n) is 19.0. The largest absolute Gasteiger partial charge is 0.481 e. The van der Waals surface area contributed by atoms with Crippen LogP contribution in [0.2, 0.25) is 5.02 Å². The van der Waals surface area contributed by atoms with Crippen LogP contribution in [0.3, 0.4) is 0 Å². The Labute approximate surface area is 211 Å². The number of furan rings is 1. The molecule has 2 heterocycles. The van der Waals surface area contributed by atoms with Crippen LogP contribution in [0.25, 0.3) is 11.0 Å². The van der Waals surface area contributed by atoms with Crippen LogP contribution in [0.1, 0.15) is 44.6 Å². The number of aromatic nitrogens is 1. The van der Waals surface area contributed by atoms with Crippen molar-refractivity contribution < 1.29 is 19.1 Å².